The maximum absolute atomic E-state index is 14.6. The van der Waals surface area contributed by atoms with E-state index in [0.29, 0.717) is 22.6 Å². The number of primary amides is 1. The van der Waals surface area contributed by atoms with Gasteiger partial charge in [-0.2, -0.15) is 5.10 Å². The van der Waals surface area contributed by atoms with E-state index >= 15 is 0 Å². The van der Waals surface area contributed by atoms with E-state index in [9.17, 15) is 9.18 Å². The minimum atomic E-state index is -0.694. The van der Waals surface area contributed by atoms with Crippen LogP contribution in [0.4, 0.5) is 4.39 Å². The molecule has 8 heteroatoms. The van der Waals surface area contributed by atoms with Crippen LogP contribution in [0, 0.1) is 5.82 Å². The second-order valence-corrected chi connectivity index (χ2v) is 6.41. The zero-order chi connectivity index (χ0) is 19.1. The Hall–Kier alpha value is -3.55. The number of carbonyl (C=O) groups is 1. The monoisotopic (exact) mass is 364 g/mol. The minimum Gasteiger partial charge on any atom is -0.369 e. The number of hydrogen-bond donors (Lipinski definition) is 2. The van der Waals surface area contributed by atoms with Crippen molar-refractivity contribution in [2.45, 2.75) is 12.8 Å². The van der Waals surface area contributed by atoms with Crippen LogP contribution in [0.25, 0.3) is 33.7 Å². The van der Waals surface area contributed by atoms with Gasteiger partial charge in [0.15, 0.2) is 5.65 Å². The molecule has 0 saturated heterocycles. The van der Waals surface area contributed by atoms with Gasteiger partial charge in [0.2, 0.25) is 5.91 Å². The summed E-state index contributed by atoms with van der Waals surface area (Å²) in [5.41, 5.74) is 9.04. The molecule has 4 aromatic rings. The van der Waals surface area contributed by atoms with Gasteiger partial charge in [-0.15, -0.1) is 0 Å². The van der Waals surface area contributed by atoms with Crippen molar-refractivity contribution < 1.29 is 9.18 Å². The van der Waals surface area contributed by atoms with E-state index in [1.54, 1.807) is 42.2 Å². The lowest BCUT2D eigenvalue weighted by Crippen LogP contribution is -2.19. The topological polar surface area (TPSA) is 102 Å². The van der Waals surface area contributed by atoms with Crippen molar-refractivity contribution in [3.05, 3.63) is 54.2 Å². The quantitative estimate of drug-likeness (QED) is 0.581. The fraction of sp³-hybridized carbons (Fsp3) is 0.158. The average molecular weight is 364 g/mol. The molecule has 1 unspecified atom stereocenters. The predicted octanol–water partition coefficient (Wildman–Crippen LogP) is 2.75. The normalized spacial score (nSPS) is 12.4. The van der Waals surface area contributed by atoms with Crippen LogP contribution in [0.3, 0.4) is 0 Å². The molecule has 0 saturated carbocycles. The van der Waals surface area contributed by atoms with Crippen LogP contribution >= 0.6 is 0 Å². The first-order valence-electron chi connectivity index (χ1n) is 8.37. The Bertz CT molecular complexity index is 1160. The molecular weight excluding hydrogens is 347 g/mol. The van der Waals surface area contributed by atoms with E-state index in [0.717, 1.165) is 11.1 Å². The number of aromatic nitrogens is 5. The third-order valence-corrected chi connectivity index (χ3v) is 4.58. The third-order valence-electron chi connectivity index (χ3n) is 4.58. The number of nitrogens with one attached hydrogen (secondary N) is 1. The molecule has 27 heavy (non-hydrogen) atoms. The van der Waals surface area contributed by atoms with E-state index in [-0.39, 0.29) is 5.56 Å². The first-order valence-corrected chi connectivity index (χ1v) is 8.37. The number of aromatic amines is 1. The number of imidazole rings is 1. The van der Waals surface area contributed by atoms with Crippen molar-refractivity contribution in [1.29, 1.82) is 0 Å². The number of pyridine rings is 1. The van der Waals surface area contributed by atoms with E-state index in [2.05, 4.69) is 20.1 Å². The number of hydrogen-bond acceptors (Lipinski definition) is 4. The van der Waals surface area contributed by atoms with Crippen molar-refractivity contribution in [1.82, 2.24) is 24.7 Å². The molecule has 136 valence electrons. The number of nitrogens with zero attached hydrogens (tertiary/aromatic N) is 4. The Morgan fingerprint density at radius 1 is 1.30 bits per heavy atom. The van der Waals surface area contributed by atoms with Gasteiger partial charge in [0, 0.05) is 25.0 Å². The smallest absolute Gasteiger partial charge is 0.224 e. The molecule has 3 N–H and O–H groups in total. The van der Waals surface area contributed by atoms with Crippen LogP contribution in [0.15, 0.2) is 42.9 Å². The molecule has 1 amide bonds. The van der Waals surface area contributed by atoms with Crippen LogP contribution < -0.4 is 5.73 Å². The second-order valence-electron chi connectivity index (χ2n) is 6.41. The number of fused-ring (bicyclic) bond motifs is 1. The molecule has 0 spiro atoms. The van der Waals surface area contributed by atoms with E-state index in [1.165, 1.54) is 6.07 Å². The van der Waals surface area contributed by atoms with Gasteiger partial charge < -0.3 is 10.7 Å². The molecule has 0 radical (unpaired) electrons. The Labute approximate surface area is 154 Å². The Kier molecular flexibility index (Phi) is 3.95. The summed E-state index contributed by atoms with van der Waals surface area (Å²) in [6.07, 6.45) is 5.18. The molecule has 1 atom stereocenters. The Morgan fingerprint density at radius 3 is 2.78 bits per heavy atom. The molecule has 3 aromatic heterocycles. The van der Waals surface area contributed by atoms with Crippen molar-refractivity contribution in [2.75, 3.05) is 0 Å². The SMILES string of the molecule is CC(C(N)=O)c1ccc(-c2ccnc3nc(-c4cnn(C)c4)[nH]c23)cc1F. The summed E-state index contributed by atoms with van der Waals surface area (Å²) in [6.45, 7) is 1.58. The molecule has 1 aromatic carbocycles. The standard InChI is InChI=1S/C19H17FN6O/c1-10(17(21)27)13-4-3-11(7-15(13)20)14-5-6-22-19-16(14)24-18(25-19)12-8-23-26(2)9-12/h3-10H,1-2H3,(H2,21,27)(H,22,24,25). The first kappa shape index (κ1) is 16.9. The van der Waals surface area contributed by atoms with E-state index in [1.807, 2.05) is 13.2 Å². The number of carbonyl (C=O) groups excluding carboxylic acids is 1. The lowest BCUT2D eigenvalue weighted by molar-refractivity contribution is -0.119. The number of rotatable bonds is 4. The van der Waals surface area contributed by atoms with Crippen LogP contribution in [0.5, 0.6) is 0 Å². The minimum absolute atomic E-state index is 0.275. The highest BCUT2D eigenvalue weighted by molar-refractivity contribution is 5.91. The van der Waals surface area contributed by atoms with Gasteiger partial charge in [0.1, 0.15) is 11.6 Å². The highest BCUT2D eigenvalue weighted by atomic mass is 19.1. The van der Waals surface area contributed by atoms with Crippen LogP contribution in [0.2, 0.25) is 0 Å². The number of halogens is 1. The van der Waals surface area contributed by atoms with Gasteiger partial charge in [-0.25, -0.2) is 14.4 Å². The van der Waals surface area contributed by atoms with Gasteiger partial charge >= 0.3 is 0 Å². The summed E-state index contributed by atoms with van der Waals surface area (Å²) in [7, 11) is 1.83. The molecular formula is C19H17FN6O. The summed E-state index contributed by atoms with van der Waals surface area (Å²) < 4.78 is 16.2. The van der Waals surface area contributed by atoms with Crippen LogP contribution in [-0.4, -0.2) is 30.6 Å². The van der Waals surface area contributed by atoms with Crippen molar-refractivity contribution >= 4 is 17.1 Å². The van der Waals surface area contributed by atoms with Crippen molar-refractivity contribution in [3.63, 3.8) is 0 Å². The van der Waals surface area contributed by atoms with Crippen molar-refractivity contribution in [3.8, 4) is 22.5 Å². The van der Waals surface area contributed by atoms with Crippen LogP contribution in [-0.2, 0) is 11.8 Å². The summed E-state index contributed by atoms with van der Waals surface area (Å²) in [6, 6.07) is 6.54. The number of H-pyrrole nitrogens is 1. The van der Waals surface area contributed by atoms with Gasteiger partial charge in [0.25, 0.3) is 0 Å². The Morgan fingerprint density at radius 2 is 2.11 bits per heavy atom. The van der Waals surface area contributed by atoms with E-state index in [4.69, 9.17) is 5.73 Å². The number of aryl methyl sites for hydroxylation is 1. The fourth-order valence-corrected chi connectivity index (χ4v) is 3.03. The highest BCUT2D eigenvalue weighted by Gasteiger charge is 2.18. The molecule has 0 aliphatic rings. The molecule has 0 bridgehead atoms. The van der Waals surface area contributed by atoms with Gasteiger partial charge in [-0.1, -0.05) is 12.1 Å². The largest absolute Gasteiger partial charge is 0.369 e. The Balaban J connectivity index is 1.81. The maximum atomic E-state index is 14.6. The van der Waals surface area contributed by atoms with Gasteiger partial charge in [-0.05, 0) is 30.2 Å². The average Bonchev–Trinajstić information content (AvgIpc) is 3.26. The lowest BCUT2D eigenvalue weighted by Gasteiger charge is -2.11. The lowest BCUT2D eigenvalue weighted by atomic mass is 9.96. The maximum Gasteiger partial charge on any atom is 0.224 e. The third kappa shape index (κ3) is 2.95. The highest BCUT2D eigenvalue weighted by Crippen LogP contribution is 2.30. The predicted molar refractivity (Wildman–Crippen MR) is 99.1 cm³/mol. The first-order chi connectivity index (χ1) is 12.9. The molecule has 0 fully saturated rings. The summed E-state index contributed by atoms with van der Waals surface area (Å²) in [5.74, 6) is -1.10. The molecule has 7 nitrogen and oxygen atoms in total. The molecule has 0 aliphatic heterocycles. The summed E-state index contributed by atoms with van der Waals surface area (Å²) in [4.78, 5) is 23.4. The number of nitrogens with two attached hydrogens (primary N) is 1. The molecule has 4 rings (SSSR count). The van der Waals surface area contributed by atoms with Gasteiger partial charge in [-0.3, -0.25) is 9.48 Å². The zero-order valence-electron chi connectivity index (χ0n) is 14.8. The molecule has 0 aliphatic carbocycles. The van der Waals surface area contributed by atoms with Gasteiger partial charge in [0.05, 0.1) is 23.2 Å². The zero-order valence-corrected chi connectivity index (χ0v) is 14.8. The van der Waals surface area contributed by atoms with E-state index < -0.39 is 17.6 Å². The summed E-state index contributed by atoms with van der Waals surface area (Å²) >= 11 is 0. The van der Waals surface area contributed by atoms with Crippen LogP contribution in [0.1, 0.15) is 18.4 Å². The van der Waals surface area contributed by atoms with Crippen molar-refractivity contribution in [2.24, 2.45) is 12.8 Å². The summed E-state index contributed by atoms with van der Waals surface area (Å²) in [5, 5.41) is 4.14. The number of benzene rings is 1. The fourth-order valence-electron chi connectivity index (χ4n) is 3.03. The second kappa shape index (κ2) is 6.31. The molecule has 3 heterocycles. The number of amides is 1.